The molecule has 0 N–H and O–H groups in total. The minimum absolute atomic E-state index is 0.157. The number of benzene rings is 1. The summed E-state index contributed by atoms with van der Waals surface area (Å²) in [4.78, 5) is 5.09. The van der Waals surface area contributed by atoms with Gasteiger partial charge in [-0.3, -0.25) is 0 Å². The van der Waals surface area contributed by atoms with Crippen molar-refractivity contribution in [3.63, 3.8) is 0 Å². The van der Waals surface area contributed by atoms with Gasteiger partial charge in [0, 0.05) is 5.92 Å². The second-order valence-corrected chi connectivity index (χ2v) is 6.48. The fraction of sp³-hybridized carbons (Fsp3) is 0.611. The Labute approximate surface area is 126 Å². The van der Waals surface area contributed by atoms with Gasteiger partial charge in [-0.2, -0.15) is 0 Å². The molecule has 0 amide bonds. The normalized spacial score (nSPS) is 32.2. The fourth-order valence-corrected chi connectivity index (χ4v) is 4.52. The van der Waals surface area contributed by atoms with Crippen molar-refractivity contribution in [1.82, 2.24) is 0 Å². The largest absolute Gasteiger partial charge is 0.399 e. The van der Waals surface area contributed by atoms with E-state index in [0.717, 1.165) is 12.3 Å². The zero-order valence-electron chi connectivity index (χ0n) is 12.9. The van der Waals surface area contributed by atoms with Gasteiger partial charge >= 0.3 is 0 Å². The molecule has 0 saturated heterocycles. The topological polar surface area (TPSA) is 21.6 Å². The van der Waals surface area contributed by atoms with Gasteiger partial charge in [-0.15, -0.1) is 0 Å². The summed E-state index contributed by atoms with van der Waals surface area (Å²) < 4.78 is 13.2. The highest BCUT2D eigenvalue weighted by atomic mass is 19.1. The van der Waals surface area contributed by atoms with Crippen molar-refractivity contribution >= 4 is 5.71 Å². The second-order valence-electron chi connectivity index (χ2n) is 6.48. The van der Waals surface area contributed by atoms with Crippen molar-refractivity contribution in [2.75, 3.05) is 7.11 Å². The van der Waals surface area contributed by atoms with E-state index in [9.17, 15) is 4.39 Å². The van der Waals surface area contributed by atoms with E-state index < -0.39 is 0 Å². The number of nitrogens with zero attached hydrogens (tertiary/aromatic N) is 1. The maximum Gasteiger partial charge on any atom is 0.123 e. The molecule has 4 atom stereocenters. The molecular weight excluding hydrogens is 265 g/mol. The van der Waals surface area contributed by atoms with Crippen molar-refractivity contribution in [2.24, 2.45) is 22.9 Å². The third-order valence-corrected chi connectivity index (χ3v) is 5.36. The molecule has 3 heteroatoms. The number of hydrogen-bond donors (Lipinski definition) is 0. The van der Waals surface area contributed by atoms with E-state index >= 15 is 0 Å². The summed E-state index contributed by atoms with van der Waals surface area (Å²) >= 11 is 0. The maximum absolute atomic E-state index is 13.2. The summed E-state index contributed by atoms with van der Waals surface area (Å²) in [6.45, 7) is 2.15. The van der Waals surface area contributed by atoms with Crippen LogP contribution < -0.4 is 0 Å². The van der Waals surface area contributed by atoms with Gasteiger partial charge in [0.05, 0.1) is 5.71 Å². The van der Waals surface area contributed by atoms with Crippen LogP contribution in [0.25, 0.3) is 0 Å². The molecule has 0 heterocycles. The molecule has 2 bridgehead atoms. The van der Waals surface area contributed by atoms with E-state index in [1.807, 2.05) is 12.1 Å². The number of rotatable bonds is 4. The van der Waals surface area contributed by atoms with Crippen LogP contribution >= 0.6 is 0 Å². The highest BCUT2D eigenvalue weighted by Gasteiger charge is 2.44. The number of halogens is 1. The molecule has 2 aliphatic carbocycles. The van der Waals surface area contributed by atoms with E-state index in [4.69, 9.17) is 4.84 Å². The van der Waals surface area contributed by atoms with Crippen molar-refractivity contribution in [2.45, 2.75) is 44.9 Å². The standard InChI is InChI=1S/C18H24FNO/c1-3-17(20-21-2)18-14-5-4-12(10-14)11-16(18)13-6-8-15(19)9-7-13/h6-9,12,14,16,18H,3-5,10-11H2,1-2H3/t12?,14-,16-,18+/m0/s1. The minimum atomic E-state index is -0.157. The first-order valence-corrected chi connectivity index (χ1v) is 8.08. The van der Waals surface area contributed by atoms with Crippen molar-refractivity contribution in [3.05, 3.63) is 35.6 Å². The smallest absolute Gasteiger partial charge is 0.123 e. The molecule has 0 spiro atoms. The second kappa shape index (κ2) is 6.17. The summed E-state index contributed by atoms with van der Waals surface area (Å²) in [7, 11) is 1.63. The quantitative estimate of drug-likeness (QED) is 0.578. The third kappa shape index (κ3) is 2.83. The van der Waals surface area contributed by atoms with E-state index in [2.05, 4.69) is 12.1 Å². The van der Waals surface area contributed by atoms with Crippen LogP contribution in [0.2, 0.25) is 0 Å². The Bertz CT molecular complexity index is 510. The highest BCUT2D eigenvalue weighted by molar-refractivity contribution is 5.87. The molecule has 3 rings (SSSR count). The van der Waals surface area contributed by atoms with Gasteiger partial charge in [0.1, 0.15) is 12.9 Å². The Morgan fingerprint density at radius 2 is 2.00 bits per heavy atom. The molecule has 1 aromatic rings. The molecule has 2 aliphatic rings. The highest BCUT2D eigenvalue weighted by Crippen LogP contribution is 2.52. The van der Waals surface area contributed by atoms with Crippen molar-refractivity contribution < 1.29 is 9.23 Å². The minimum Gasteiger partial charge on any atom is -0.399 e. The summed E-state index contributed by atoms with van der Waals surface area (Å²) in [5, 5.41) is 4.32. The van der Waals surface area contributed by atoms with E-state index in [0.29, 0.717) is 17.8 Å². The lowest BCUT2D eigenvalue weighted by Crippen LogP contribution is -2.32. The zero-order chi connectivity index (χ0) is 14.8. The first kappa shape index (κ1) is 14.6. The molecule has 0 aromatic heterocycles. The van der Waals surface area contributed by atoms with Crippen LogP contribution in [0.5, 0.6) is 0 Å². The molecule has 2 fully saturated rings. The third-order valence-electron chi connectivity index (χ3n) is 5.36. The van der Waals surface area contributed by atoms with Crippen LogP contribution in [0.4, 0.5) is 4.39 Å². The first-order chi connectivity index (χ1) is 10.2. The Hall–Kier alpha value is -1.38. The van der Waals surface area contributed by atoms with E-state index in [-0.39, 0.29) is 5.82 Å². The van der Waals surface area contributed by atoms with Crippen molar-refractivity contribution in [1.29, 1.82) is 0 Å². The van der Waals surface area contributed by atoms with Crippen LogP contribution in [0, 0.1) is 23.6 Å². The van der Waals surface area contributed by atoms with Crippen LogP contribution in [-0.4, -0.2) is 12.8 Å². The lowest BCUT2D eigenvalue weighted by molar-refractivity contribution is 0.200. The Balaban J connectivity index is 1.95. The molecular formula is C18H24FNO. The van der Waals surface area contributed by atoms with Crippen LogP contribution in [0.1, 0.15) is 50.5 Å². The lowest BCUT2D eigenvalue weighted by Gasteiger charge is -2.37. The summed E-state index contributed by atoms with van der Waals surface area (Å²) in [6, 6.07) is 7.08. The SMILES string of the molecule is CCC(=NOC)[C@@H]1[C@H]2CCC(C2)C[C@H]1c1ccc(F)cc1. The van der Waals surface area contributed by atoms with Gasteiger partial charge in [0.25, 0.3) is 0 Å². The predicted molar refractivity (Wildman–Crippen MR) is 82.8 cm³/mol. The monoisotopic (exact) mass is 289 g/mol. The number of fused-ring (bicyclic) bond motifs is 2. The van der Waals surface area contributed by atoms with Gasteiger partial charge in [-0.1, -0.05) is 30.6 Å². The Kier molecular flexibility index (Phi) is 4.27. The van der Waals surface area contributed by atoms with E-state index in [1.54, 1.807) is 19.2 Å². The van der Waals surface area contributed by atoms with Gasteiger partial charge in [0.15, 0.2) is 0 Å². The van der Waals surface area contributed by atoms with Crippen LogP contribution in [0.3, 0.4) is 0 Å². The zero-order valence-corrected chi connectivity index (χ0v) is 12.9. The van der Waals surface area contributed by atoms with Crippen molar-refractivity contribution in [3.8, 4) is 0 Å². The van der Waals surface area contributed by atoms with E-state index in [1.165, 1.54) is 37.0 Å². The Morgan fingerprint density at radius 3 is 2.67 bits per heavy atom. The molecule has 1 unspecified atom stereocenters. The summed E-state index contributed by atoms with van der Waals surface area (Å²) in [5.41, 5.74) is 2.44. The number of hydrogen-bond acceptors (Lipinski definition) is 2. The summed E-state index contributed by atoms with van der Waals surface area (Å²) in [6.07, 6.45) is 6.09. The average Bonchev–Trinajstić information content (AvgIpc) is 2.88. The first-order valence-electron chi connectivity index (χ1n) is 8.08. The van der Waals surface area contributed by atoms with Gasteiger partial charge < -0.3 is 4.84 Å². The molecule has 21 heavy (non-hydrogen) atoms. The molecule has 1 aromatic carbocycles. The fourth-order valence-electron chi connectivity index (χ4n) is 4.52. The lowest BCUT2D eigenvalue weighted by atomic mass is 9.67. The molecule has 2 saturated carbocycles. The molecule has 0 radical (unpaired) electrons. The van der Waals surface area contributed by atoms with Gasteiger partial charge in [-0.05, 0) is 61.1 Å². The summed E-state index contributed by atoms with van der Waals surface area (Å²) in [5.74, 6) is 2.31. The van der Waals surface area contributed by atoms with Crippen LogP contribution in [0.15, 0.2) is 29.4 Å². The molecule has 2 nitrogen and oxygen atoms in total. The average molecular weight is 289 g/mol. The predicted octanol–water partition coefficient (Wildman–Crippen LogP) is 4.76. The number of oxime groups is 1. The van der Waals surface area contributed by atoms with Gasteiger partial charge in [-0.25, -0.2) is 4.39 Å². The van der Waals surface area contributed by atoms with Gasteiger partial charge in [0.2, 0.25) is 0 Å². The maximum atomic E-state index is 13.2. The molecule has 0 aliphatic heterocycles. The van der Waals surface area contributed by atoms with Crippen LogP contribution in [-0.2, 0) is 4.84 Å². The Morgan fingerprint density at radius 1 is 1.24 bits per heavy atom. The molecule has 114 valence electrons.